The molecule has 2 aromatic carbocycles. The molecule has 0 aromatic heterocycles. The van der Waals surface area contributed by atoms with E-state index < -0.39 is 0 Å². The largest absolute Gasteiger partial charge is 0.466 e. The minimum Gasteiger partial charge on any atom is -0.466 e. The molecule has 1 saturated heterocycles. The van der Waals surface area contributed by atoms with E-state index in [2.05, 4.69) is 11.4 Å². The van der Waals surface area contributed by atoms with Gasteiger partial charge in [0.15, 0.2) is 6.04 Å². The van der Waals surface area contributed by atoms with Crippen LogP contribution in [0.25, 0.3) is 10.8 Å². The molecule has 1 aliphatic heterocycles. The van der Waals surface area contributed by atoms with Gasteiger partial charge in [0.2, 0.25) is 0 Å². The fourth-order valence-electron chi connectivity index (χ4n) is 3.65. The molecule has 3 atom stereocenters. The first-order chi connectivity index (χ1) is 12.6. The lowest BCUT2D eigenvalue weighted by Crippen LogP contribution is -3.18. The van der Waals surface area contributed by atoms with Crippen LogP contribution in [0, 0.1) is 5.92 Å². The van der Waals surface area contributed by atoms with Crippen LogP contribution in [0.5, 0.6) is 0 Å². The van der Waals surface area contributed by atoms with Gasteiger partial charge in [0.1, 0.15) is 5.92 Å². The second kappa shape index (κ2) is 8.32. The van der Waals surface area contributed by atoms with Gasteiger partial charge in [0, 0.05) is 5.69 Å². The van der Waals surface area contributed by atoms with Crippen LogP contribution in [0.15, 0.2) is 42.5 Å². The molecule has 2 aromatic rings. The number of fused-ring (bicyclic) bond motifs is 1. The maximum absolute atomic E-state index is 12.7. The van der Waals surface area contributed by atoms with Crippen LogP contribution in [-0.4, -0.2) is 37.6 Å². The van der Waals surface area contributed by atoms with Gasteiger partial charge in [-0.25, -0.2) is 0 Å². The Balaban J connectivity index is 1.63. The van der Waals surface area contributed by atoms with E-state index in [-0.39, 0.29) is 23.8 Å². The quantitative estimate of drug-likeness (QED) is 0.807. The van der Waals surface area contributed by atoms with E-state index in [1.54, 1.807) is 0 Å². The molecule has 0 aliphatic carbocycles. The molecule has 0 spiro atoms. The first-order valence-electron chi connectivity index (χ1n) is 9.39. The third kappa shape index (κ3) is 4.22. The number of ether oxygens (including phenoxy) is 1. The Morgan fingerprint density at radius 2 is 2.00 bits per heavy atom. The first kappa shape index (κ1) is 18.4. The van der Waals surface area contributed by atoms with Crippen molar-refractivity contribution in [3.05, 3.63) is 42.5 Å². The molecule has 0 bridgehead atoms. The number of piperidine rings is 1. The monoisotopic (exact) mass is 355 g/mol. The molecule has 0 saturated carbocycles. The van der Waals surface area contributed by atoms with Gasteiger partial charge in [-0.2, -0.15) is 0 Å². The van der Waals surface area contributed by atoms with Crippen LogP contribution >= 0.6 is 0 Å². The molecule has 26 heavy (non-hydrogen) atoms. The van der Waals surface area contributed by atoms with Crippen LogP contribution < -0.4 is 10.2 Å². The van der Waals surface area contributed by atoms with Crippen molar-refractivity contribution in [2.45, 2.75) is 32.7 Å². The van der Waals surface area contributed by atoms with Gasteiger partial charge in [-0.3, -0.25) is 9.59 Å². The Bertz CT molecular complexity index is 790. The summed E-state index contributed by atoms with van der Waals surface area (Å²) in [5.74, 6) is -0.249. The normalized spacial score (nSPS) is 21.2. The highest BCUT2D eigenvalue weighted by atomic mass is 16.5. The van der Waals surface area contributed by atoms with Crippen molar-refractivity contribution >= 4 is 28.3 Å². The number of nitrogens with one attached hydrogen (secondary N) is 2. The lowest BCUT2D eigenvalue weighted by atomic mass is 9.97. The summed E-state index contributed by atoms with van der Waals surface area (Å²) in [6, 6.07) is 13.8. The molecule has 1 unspecified atom stereocenters. The SMILES string of the molecule is CCOC(=O)[C@@H]1CCC[NH+]([C@@H](C)C(=O)Nc2ccc3ccccc3c2)C1. The van der Waals surface area contributed by atoms with Crippen molar-refractivity contribution in [3.8, 4) is 0 Å². The number of quaternary nitrogens is 1. The summed E-state index contributed by atoms with van der Waals surface area (Å²) in [4.78, 5) is 25.9. The fourth-order valence-corrected chi connectivity index (χ4v) is 3.65. The number of carbonyl (C=O) groups is 2. The van der Waals surface area contributed by atoms with Crippen molar-refractivity contribution in [1.82, 2.24) is 0 Å². The van der Waals surface area contributed by atoms with Crippen molar-refractivity contribution in [2.24, 2.45) is 5.92 Å². The number of hydrogen-bond acceptors (Lipinski definition) is 3. The number of hydrogen-bond donors (Lipinski definition) is 2. The number of carbonyl (C=O) groups excluding carboxylic acids is 2. The van der Waals surface area contributed by atoms with Gasteiger partial charge < -0.3 is 15.0 Å². The molecular formula is C21H27N2O3+. The standard InChI is InChI=1S/C21H26N2O3/c1-3-26-21(25)18-9-6-12-23(14-18)15(2)20(24)22-19-11-10-16-7-4-5-8-17(16)13-19/h4-5,7-8,10-11,13,15,18H,3,6,9,12,14H2,1-2H3,(H,22,24)/p+1/t15-,18+/m0/s1. The Kier molecular flexibility index (Phi) is 5.89. The van der Waals surface area contributed by atoms with E-state index in [1.165, 1.54) is 0 Å². The van der Waals surface area contributed by atoms with Crippen LogP contribution in [0.2, 0.25) is 0 Å². The molecule has 3 rings (SSSR count). The van der Waals surface area contributed by atoms with E-state index in [9.17, 15) is 9.59 Å². The van der Waals surface area contributed by atoms with Crippen LogP contribution in [0.4, 0.5) is 5.69 Å². The third-order valence-electron chi connectivity index (χ3n) is 5.20. The maximum atomic E-state index is 12.7. The highest BCUT2D eigenvalue weighted by Crippen LogP contribution is 2.19. The summed E-state index contributed by atoms with van der Waals surface area (Å²) in [6.07, 6.45) is 1.79. The predicted octanol–water partition coefficient (Wildman–Crippen LogP) is 2.02. The molecule has 5 heteroatoms. The van der Waals surface area contributed by atoms with Crippen molar-refractivity contribution < 1.29 is 19.2 Å². The number of esters is 1. The van der Waals surface area contributed by atoms with Gasteiger partial charge in [0.25, 0.3) is 5.91 Å². The highest BCUT2D eigenvalue weighted by Gasteiger charge is 2.34. The summed E-state index contributed by atoms with van der Waals surface area (Å²) in [6.45, 7) is 5.72. The average molecular weight is 355 g/mol. The molecule has 2 N–H and O–H groups in total. The zero-order valence-electron chi connectivity index (χ0n) is 15.5. The Hall–Kier alpha value is -2.40. The number of likely N-dealkylation sites (tertiary alicyclic amines) is 1. The van der Waals surface area contributed by atoms with Crippen molar-refractivity contribution in [2.75, 3.05) is 25.0 Å². The second-order valence-corrected chi connectivity index (χ2v) is 6.98. The van der Waals surface area contributed by atoms with E-state index in [1.807, 2.05) is 50.2 Å². The summed E-state index contributed by atoms with van der Waals surface area (Å²) in [7, 11) is 0. The molecule has 138 valence electrons. The van der Waals surface area contributed by atoms with E-state index in [0.29, 0.717) is 13.2 Å². The Morgan fingerprint density at radius 3 is 2.77 bits per heavy atom. The topological polar surface area (TPSA) is 59.8 Å². The average Bonchev–Trinajstić information content (AvgIpc) is 2.67. The Labute approximate surface area is 154 Å². The lowest BCUT2D eigenvalue weighted by Gasteiger charge is -2.32. The van der Waals surface area contributed by atoms with Crippen molar-refractivity contribution in [1.29, 1.82) is 0 Å². The summed E-state index contributed by atoms with van der Waals surface area (Å²) >= 11 is 0. The molecule has 5 nitrogen and oxygen atoms in total. The fraction of sp³-hybridized carbons (Fsp3) is 0.429. The van der Waals surface area contributed by atoms with E-state index >= 15 is 0 Å². The second-order valence-electron chi connectivity index (χ2n) is 6.98. The Morgan fingerprint density at radius 1 is 1.23 bits per heavy atom. The predicted molar refractivity (Wildman–Crippen MR) is 102 cm³/mol. The van der Waals surface area contributed by atoms with Crippen molar-refractivity contribution in [3.63, 3.8) is 0 Å². The number of anilines is 1. The summed E-state index contributed by atoms with van der Waals surface area (Å²) < 4.78 is 5.15. The molecule has 0 radical (unpaired) electrons. The van der Waals surface area contributed by atoms with Crippen LogP contribution in [-0.2, 0) is 14.3 Å². The molecular weight excluding hydrogens is 328 g/mol. The number of benzene rings is 2. The molecule has 1 amide bonds. The molecule has 1 heterocycles. The third-order valence-corrected chi connectivity index (χ3v) is 5.20. The first-order valence-corrected chi connectivity index (χ1v) is 9.39. The summed E-state index contributed by atoms with van der Waals surface area (Å²) in [5.41, 5.74) is 0.805. The minimum absolute atomic E-state index is 0.0141. The van der Waals surface area contributed by atoms with Gasteiger partial charge in [0.05, 0.1) is 19.7 Å². The van der Waals surface area contributed by atoms with Gasteiger partial charge in [-0.05, 0) is 49.6 Å². The number of amides is 1. The number of rotatable bonds is 5. The molecule has 1 aliphatic rings. The maximum Gasteiger partial charge on any atom is 0.314 e. The minimum atomic E-state index is -0.210. The highest BCUT2D eigenvalue weighted by molar-refractivity contribution is 5.96. The summed E-state index contributed by atoms with van der Waals surface area (Å²) in [5, 5.41) is 5.28. The zero-order chi connectivity index (χ0) is 18.5. The van der Waals surface area contributed by atoms with E-state index in [0.717, 1.165) is 40.7 Å². The zero-order valence-corrected chi connectivity index (χ0v) is 15.5. The van der Waals surface area contributed by atoms with Crippen LogP contribution in [0.1, 0.15) is 26.7 Å². The van der Waals surface area contributed by atoms with Gasteiger partial charge in [-0.15, -0.1) is 0 Å². The smallest absolute Gasteiger partial charge is 0.314 e. The van der Waals surface area contributed by atoms with E-state index in [4.69, 9.17) is 4.74 Å². The van der Waals surface area contributed by atoms with Gasteiger partial charge >= 0.3 is 5.97 Å². The van der Waals surface area contributed by atoms with Crippen LogP contribution in [0.3, 0.4) is 0 Å². The molecule has 1 fully saturated rings. The lowest BCUT2D eigenvalue weighted by molar-refractivity contribution is -0.921. The van der Waals surface area contributed by atoms with Gasteiger partial charge in [-0.1, -0.05) is 30.3 Å².